The van der Waals surface area contributed by atoms with Crippen LogP contribution in [0.25, 0.3) is 11.3 Å². The number of methoxy groups -OCH3 is 2. The number of aromatic carboxylic acids is 1. The average Bonchev–Trinajstić information content (AvgIpc) is 2.83. The molecule has 0 unspecified atom stereocenters. The van der Waals surface area contributed by atoms with Gasteiger partial charge >= 0.3 is 5.97 Å². The SMILES string of the molecule is COc1cc2c(cc1OC)-c1c(C(=O)O)nc(C)n1CC2. The molecular formula is C15H16N2O4. The maximum atomic E-state index is 11.4. The molecule has 2 heterocycles. The van der Waals surface area contributed by atoms with Crippen LogP contribution in [0.2, 0.25) is 0 Å². The zero-order chi connectivity index (χ0) is 15.1. The highest BCUT2D eigenvalue weighted by Crippen LogP contribution is 2.40. The van der Waals surface area contributed by atoms with E-state index in [1.54, 1.807) is 14.2 Å². The predicted molar refractivity (Wildman–Crippen MR) is 76.2 cm³/mol. The van der Waals surface area contributed by atoms with E-state index in [0.717, 1.165) is 17.5 Å². The summed E-state index contributed by atoms with van der Waals surface area (Å²) in [5, 5.41) is 9.38. The molecule has 6 heteroatoms. The van der Waals surface area contributed by atoms with E-state index in [1.807, 2.05) is 23.6 Å². The Balaban J connectivity index is 2.29. The van der Waals surface area contributed by atoms with Crippen molar-refractivity contribution in [2.75, 3.05) is 14.2 Å². The van der Waals surface area contributed by atoms with Gasteiger partial charge in [-0.1, -0.05) is 0 Å². The smallest absolute Gasteiger partial charge is 0.356 e. The van der Waals surface area contributed by atoms with E-state index in [4.69, 9.17) is 9.47 Å². The normalized spacial score (nSPS) is 12.5. The molecule has 0 atom stereocenters. The number of hydrogen-bond donors (Lipinski definition) is 1. The standard InChI is InChI=1S/C15H16N2O4/c1-8-16-13(15(18)19)14-10-7-12(21-3)11(20-2)6-9(10)4-5-17(8)14/h6-7H,4-5H2,1-3H3,(H,18,19). The molecule has 6 nitrogen and oxygen atoms in total. The van der Waals surface area contributed by atoms with Gasteiger partial charge in [0.25, 0.3) is 0 Å². The van der Waals surface area contributed by atoms with Crippen LogP contribution in [-0.4, -0.2) is 34.8 Å². The number of rotatable bonds is 3. The third-order valence-corrected chi connectivity index (χ3v) is 3.83. The van der Waals surface area contributed by atoms with E-state index in [0.29, 0.717) is 29.6 Å². The molecule has 0 spiro atoms. The number of carboxylic acids is 1. The molecule has 3 rings (SSSR count). The Hall–Kier alpha value is -2.50. The Kier molecular flexibility index (Phi) is 3.08. The van der Waals surface area contributed by atoms with Crippen molar-refractivity contribution in [3.63, 3.8) is 0 Å². The fourth-order valence-corrected chi connectivity index (χ4v) is 2.84. The first-order valence-corrected chi connectivity index (χ1v) is 6.62. The lowest BCUT2D eigenvalue weighted by Gasteiger charge is -2.22. The summed E-state index contributed by atoms with van der Waals surface area (Å²) >= 11 is 0. The molecule has 0 saturated carbocycles. The number of ether oxygens (including phenoxy) is 2. The summed E-state index contributed by atoms with van der Waals surface area (Å²) in [6.45, 7) is 2.53. The van der Waals surface area contributed by atoms with Crippen LogP contribution in [-0.2, 0) is 13.0 Å². The third kappa shape index (κ3) is 1.94. The Morgan fingerprint density at radius 2 is 1.95 bits per heavy atom. The van der Waals surface area contributed by atoms with Crippen LogP contribution in [0.4, 0.5) is 0 Å². The highest BCUT2D eigenvalue weighted by atomic mass is 16.5. The molecule has 1 N–H and O–H groups in total. The first-order valence-electron chi connectivity index (χ1n) is 6.62. The summed E-state index contributed by atoms with van der Waals surface area (Å²) in [5.74, 6) is 0.926. The highest BCUT2D eigenvalue weighted by Gasteiger charge is 2.27. The van der Waals surface area contributed by atoms with Crippen LogP contribution in [0.1, 0.15) is 21.9 Å². The maximum Gasteiger partial charge on any atom is 0.356 e. The predicted octanol–water partition coefficient (Wildman–Crippen LogP) is 2.13. The maximum absolute atomic E-state index is 11.4. The van der Waals surface area contributed by atoms with Gasteiger partial charge in [-0.15, -0.1) is 0 Å². The Labute approximate surface area is 121 Å². The first-order chi connectivity index (χ1) is 10.1. The molecule has 2 aromatic rings. The van der Waals surface area contributed by atoms with E-state index in [2.05, 4.69) is 4.98 Å². The summed E-state index contributed by atoms with van der Waals surface area (Å²) in [6.07, 6.45) is 0.805. The van der Waals surface area contributed by atoms with Crippen LogP contribution in [0.5, 0.6) is 11.5 Å². The fourth-order valence-electron chi connectivity index (χ4n) is 2.84. The fraction of sp³-hybridized carbons (Fsp3) is 0.333. The van der Waals surface area contributed by atoms with Crippen molar-refractivity contribution in [3.8, 4) is 22.8 Å². The van der Waals surface area contributed by atoms with Crippen molar-refractivity contribution in [1.82, 2.24) is 9.55 Å². The van der Waals surface area contributed by atoms with E-state index in [9.17, 15) is 9.90 Å². The van der Waals surface area contributed by atoms with Crippen LogP contribution in [0.15, 0.2) is 12.1 Å². The summed E-state index contributed by atoms with van der Waals surface area (Å²) in [4.78, 5) is 15.6. The minimum atomic E-state index is -1.02. The second-order valence-electron chi connectivity index (χ2n) is 4.93. The van der Waals surface area contributed by atoms with Gasteiger partial charge in [-0.3, -0.25) is 0 Å². The van der Waals surface area contributed by atoms with E-state index in [-0.39, 0.29) is 5.69 Å². The molecule has 1 aromatic heterocycles. The summed E-state index contributed by atoms with van der Waals surface area (Å²) in [7, 11) is 3.15. The molecule has 0 saturated heterocycles. The van der Waals surface area contributed by atoms with Crippen LogP contribution < -0.4 is 9.47 Å². The summed E-state index contributed by atoms with van der Waals surface area (Å²) < 4.78 is 12.6. The number of benzene rings is 1. The van der Waals surface area contributed by atoms with E-state index >= 15 is 0 Å². The zero-order valence-electron chi connectivity index (χ0n) is 12.1. The quantitative estimate of drug-likeness (QED) is 0.936. The Bertz CT molecular complexity index is 734. The number of aromatic nitrogens is 2. The van der Waals surface area contributed by atoms with Crippen LogP contribution in [0.3, 0.4) is 0 Å². The third-order valence-electron chi connectivity index (χ3n) is 3.83. The number of nitrogens with zero attached hydrogens (tertiary/aromatic N) is 2. The molecule has 110 valence electrons. The van der Waals surface area contributed by atoms with Gasteiger partial charge in [0.15, 0.2) is 17.2 Å². The van der Waals surface area contributed by atoms with Crippen molar-refractivity contribution in [3.05, 3.63) is 29.2 Å². The molecule has 0 bridgehead atoms. The molecule has 1 aliphatic rings. The number of aryl methyl sites for hydroxylation is 2. The monoisotopic (exact) mass is 288 g/mol. The minimum Gasteiger partial charge on any atom is -0.493 e. The zero-order valence-corrected chi connectivity index (χ0v) is 12.1. The van der Waals surface area contributed by atoms with Gasteiger partial charge in [-0.05, 0) is 31.0 Å². The lowest BCUT2D eigenvalue weighted by molar-refractivity contribution is 0.0691. The Morgan fingerprint density at radius 3 is 2.57 bits per heavy atom. The minimum absolute atomic E-state index is 0.0840. The van der Waals surface area contributed by atoms with Crippen LogP contribution >= 0.6 is 0 Å². The second-order valence-corrected chi connectivity index (χ2v) is 4.93. The van der Waals surface area contributed by atoms with Crippen molar-refractivity contribution < 1.29 is 19.4 Å². The van der Waals surface area contributed by atoms with Crippen molar-refractivity contribution in [2.45, 2.75) is 19.9 Å². The highest BCUT2D eigenvalue weighted by molar-refractivity contribution is 5.94. The number of carbonyl (C=O) groups is 1. The van der Waals surface area contributed by atoms with Crippen LogP contribution in [0, 0.1) is 6.92 Å². The molecule has 0 fully saturated rings. The first kappa shape index (κ1) is 13.5. The molecular weight excluding hydrogens is 272 g/mol. The van der Waals surface area contributed by atoms with Gasteiger partial charge in [-0.25, -0.2) is 9.78 Å². The van der Waals surface area contributed by atoms with E-state index < -0.39 is 5.97 Å². The van der Waals surface area contributed by atoms with Gasteiger partial charge in [-0.2, -0.15) is 0 Å². The molecule has 1 aromatic carbocycles. The lowest BCUT2D eigenvalue weighted by Crippen LogP contribution is -2.14. The molecule has 1 aliphatic heterocycles. The number of hydrogen-bond acceptors (Lipinski definition) is 4. The van der Waals surface area contributed by atoms with Gasteiger partial charge in [0.1, 0.15) is 5.82 Å². The van der Waals surface area contributed by atoms with Crippen molar-refractivity contribution in [1.29, 1.82) is 0 Å². The van der Waals surface area contributed by atoms with Crippen molar-refractivity contribution in [2.24, 2.45) is 0 Å². The number of imidazole rings is 1. The van der Waals surface area contributed by atoms with Gasteiger partial charge in [0.05, 0.1) is 19.9 Å². The molecule has 0 aliphatic carbocycles. The van der Waals surface area contributed by atoms with Gasteiger partial charge < -0.3 is 19.1 Å². The largest absolute Gasteiger partial charge is 0.493 e. The number of carboxylic acid groups (broad SMARTS) is 1. The Morgan fingerprint density at radius 1 is 1.29 bits per heavy atom. The van der Waals surface area contributed by atoms with Gasteiger partial charge in [0.2, 0.25) is 0 Å². The molecule has 0 amide bonds. The second kappa shape index (κ2) is 4.80. The number of fused-ring (bicyclic) bond motifs is 3. The molecule has 21 heavy (non-hydrogen) atoms. The van der Waals surface area contributed by atoms with Crippen molar-refractivity contribution >= 4 is 5.97 Å². The van der Waals surface area contributed by atoms with Gasteiger partial charge in [0, 0.05) is 12.1 Å². The topological polar surface area (TPSA) is 73.6 Å². The molecule has 0 radical (unpaired) electrons. The lowest BCUT2D eigenvalue weighted by atomic mass is 9.96. The summed E-state index contributed by atoms with van der Waals surface area (Å²) in [6, 6.07) is 3.73. The average molecular weight is 288 g/mol. The summed E-state index contributed by atoms with van der Waals surface area (Å²) in [5.41, 5.74) is 2.61. The van der Waals surface area contributed by atoms with E-state index in [1.165, 1.54) is 0 Å².